The summed E-state index contributed by atoms with van der Waals surface area (Å²) in [5.74, 6) is 0.482. The third kappa shape index (κ3) is 4.74. The Morgan fingerprint density at radius 3 is 2.48 bits per heavy atom. The first-order chi connectivity index (χ1) is 12.7. The van der Waals surface area contributed by atoms with Gasteiger partial charge in [0.05, 0.1) is 5.69 Å². The fraction of sp³-hybridized carbons (Fsp3) is 0.350. The van der Waals surface area contributed by atoms with Crippen LogP contribution in [0.3, 0.4) is 0 Å². The molecule has 0 radical (unpaired) electrons. The van der Waals surface area contributed by atoms with Crippen molar-refractivity contribution in [2.24, 2.45) is 0 Å². The van der Waals surface area contributed by atoms with Gasteiger partial charge < -0.3 is 4.74 Å². The Morgan fingerprint density at radius 2 is 1.89 bits per heavy atom. The van der Waals surface area contributed by atoms with E-state index in [1.807, 2.05) is 26.0 Å². The second-order valence-electron chi connectivity index (χ2n) is 7.40. The fourth-order valence-corrected chi connectivity index (χ4v) is 3.24. The molecule has 0 fully saturated rings. The average molecular weight is 385 g/mol. The molecule has 27 heavy (non-hydrogen) atoms. The van der Waals surface area contributed by atoms with E-state index < -0.39 is 0 Å². The molecule has 0 saturated carbocycles. The first kappa shape index (κ1) is 19.1. The zero-order chi connectivity index (χ0) is 19.6. The third-order valence-electron chi connectivity index (χ3n) is 4.21. The molecule has 6 nitrogen and oxygen atoms in total. The van der Waals surface area contributed by atoms with Gasteiger partial charge in [-0.1, -0.05) is 32.9 Å². The monoisotopic (exact) mass is 384 g/mol. The molecule has 0 saturated heterocycles. The van der Waals surface area contributed by atoms with Gasteiger partial charge in [0.15, 0.2) is 17.6 Å². The van der Waals surface area contributed by atoms with Gasteiger partial charge in [-0.25, -0.2) is 9.67 Å². The van der Waals surface area contributed by atoms with Crippen LogP contribution in [0.25, 0.3) is 0 Å². The minimum absolute atomic E-state index is 0.108. The van der Waals surface area contributed by atoms with E-state index in [0.717, 1.165) is 16.3 Å². The molecule has 142 valence electrons. The van der Waals surface area contributed by atoms with Gasteiger partial charge in [0.1, 0.15) is 5.75 Å². The molecule has 0 bridgehead atoms. The van der Waals surface area contributed by atoms with Crippen LogP contribution in [0.15, 0.2) is 36.5 Å². The van der Waals surface area contributed by atoms with Gasteiger partial charge >= 0.3 is 0 Å². The smallest absolute Gasteiger partial charge is 0.277 e. The lowest BCUT2D eigenvalue weighted by atomic mass is 9.87. The summed E-state index contributed by atoms with van der Waals surface area (Å²) < 4.78 is 7.34. The number of carbonyl (C=O) groups is 1. The van der Waals surface area contributed by atoms with E-state index in [4.69, 9.17) is 4.74 Å². The Hall–Kier alpha value is -2.67. The predicted octanol–water partition coefficient (Wildman–Crippen LogP) is 4.54. The summed E-state index contributed by atoms with van der Waals surface area (Å²) in [6, 6.07) is 9.69. The summed E-state index contributed by atoms with van der Waals surface area (Å²) in [6.45, 7) is 10.6. The molecular weight excluding hydrogens is 360 g/mol. The van der Waals surface area contributed by atoms with Gasteiger partial charge in [0.2, 0.25) is 0 Å². The quantitative estimate of drug-likeness (QED) is 0.701. The third-order valence-corrected chi connectivity index (χ3v) is 5.19. The summed E-state index contributed by atoms with van der Waals surface area (Å²) in [7, 11) is 0. The van der Waals surface area contributed by atoms with Crippen LogP contribution in [0.4, 0.5) is 5.13 Å². The van der Waals surface area contributed by atoms with Crippen molar-refractivity contribution in [2.45, 2.75) is 46.8 Å². The van der Waals surface area contributed by atoms with Crippen LogP contribution in [-0.2, 0) is 12.1 Å². The highest BCUT2D eigenvalue weighted by Crippen LogP contribution is 2.24. The molecule has 0 spiro atoms. The zero-order valence-corrected chi connectivity index (χ0v) is 17.1. The Morgan fingerprint density at radius 1 is 1.19 bits per heavy atom. The van der Waals surface area contributed by atoms with Crippen molar-refractivity contribution in [2.75, 3.05) is 5.32 Å². The Bertz CT molecular complexity index is 916. The van der Waals surface area contributed by atoms with Gasteiger partial charge in [-0.15, -0.1) is 11.3 Å². The number of aromatic nitrogens is 3. The Labute approximate surface area is 163 Å². The summed E-state index contributed by atoms with van der Waals surface area (Å²) in [5.41, 5.74) is 2.61. The van der Waals surface area contributed by atoms with Crippen molar-refractivity contribution in [3.05, 3.63) is 58.4 Å². The Kier molecular flexibility index (Phi) is 5.32. The minimum atomic E-state index is -0.281. The highest BCUT2D eigenvalue weighted by Gasteiger charge is 2.14. The van der Waals surface area contributed by atoms with Crippen molar-refractivity contribution in [1.82, 2.24) is 14.8 Å². The molecule has 3 aromatic rings. The van der Waals surface area contributed by atoms with Gasteiger partial charge in [0, 0.05) is 11.1 Å². The number of ether oxygens (including phenoxy) is 1. The Balaban J connectivity index is 1.58. The van der Waals surface area contributed by atoms with Crippen molar-refractivity contribution in [3.8, 4) is 5.75 Å². The summed E-state index contributed by atoms with van der Waals surface area (Å²) in [6.07, 6.45) is 1.72. The van der Waals surface area contributed by atoms with Crippen LogP contribution in [0.2, 0.25) is 0 Å². The molecule has 1 aromatic carbocycles. The van der Waals surface area contributed by atoms with Crippen molar-refractivity contribution in [3.63, 3.8) is 0 Å². The molecule has 0 atom stereocenters. The highest BCUT2D eigenvalue weighted by atomic mass is 32.1. The maximum atomic E-state index is 12.3. The van der Waals surface area contributed by atoms with Crippen LogP contribution in [0.1, 0.15) is 47.4 Å². The van der Waals surface area contributed by atoms with Gasteiger partial charge in [-0.2, -0.15) is 5.10 Å². The van der Waals surface area contributed by atoms with E-state index in [1.165, 1.54) is 16.9 Å². The lowest BCUT2D eigenvalue weighted by Crippen LogP contribution is -2.14. The highest BCUT2D eigenvalue weighted by molar-refractivity contribution is 7.15. The molecule has 7 heteroatoms. The van der Waals surface area contributed by atoms with Crippen LogP contribution >= 0.6 is 11.3 Å². The number of thiazole rings is 1. The number of nitrogens with one attached hydrogen (secondary N) is 1. The molecule has 1 amide bonds. The van der Waals surface area contributed by atoms with E-state index in [2.05, 4.69) is 48.3 Å². The first-order valence-electron chi connectivity index (χ1n) is 8.74. The zero-order valence-electron chi connectivity index (χ0n) is 16.2. The number of hydrogen-bond acceptors (Lipinski definition) is 5. The van der Waals surface area contributed by atoms with Crippen LogP contribution in [0, 0.1) is 13.8 Å². The van der Waals surface area contributed by atoms with E-state index in [1.54, 1.807) is 16.9 Å². The summed E-state index contributed by atoms with van der Waals surface area (Å²) in [4.78, 5) is 17.7. The molecule has 0 aliphatic carbocycles. The number of benzene rings is 1. The van der Waals surface area contributed by atoms with Crippen molar-refractivity contribution < 1.29 is 9.53 Å². The normalized spacial score (nSPS) is 11.4. The first-order valence-corrected chi connectivity index (χ1v) is 9.56. The topological polar surface area (TPSA) is 69.0 Å². The summed E-state index contributed by atoms with van der Waals surface area (Å²) >= 11 is 1.45. The van der Waals surface area contributed by atoms with E-state index in [9.17, 15) is 4.79 Å². The molecule has 1 N–H and O–H groups in total. The van der Waals surface area contributed by atoms with Crippen LogP contribution in [0.5, 0.6) is 5.75 Å². The molecule has 3 rings (SSSR count). The number of aryl methyl sites for hydroxylation is 2. The fourth-order valence-electron chi connectivity index (χ4n) is 2.43. The number of anilines is 1. The maximum Gasteiger partial charge on any atom is 0.277 e. The largest absolute Gasteiger partial charge is 0.471 e. The average Bonchev–Trinajstić information content (AvgIpc) is 3.19. The SMILES string of the molecule is Cc1nc(NC(=O)c2ccn(COc3ccc(C(C)(C)C)cc3)n2)sc1C. The van der Waals surface area contributed by atoms with E-state index >= 15 is 0 Å². The summed E-state index contributed by atoms with van der Waals surface area (Å²) in [5, 5.41) is 7.63. The number of rotatable bonds is 5. The van der Waals surface area contributed by atoms with E-state index in [-0.39, 0.29) is 18.1 Å². The molecule has 2 heterocycles. The second kappa shape index (κ2) is 7.52. The van der Waals surface area contributed by atoms with Crippen LogP contribution < -0.4 is 10.1 Å². The number of hydrogen-bond donors (Lipinski definition) is 1. The van der Waals surface area contributed by atoms with Gasteiger partial charge in [0.25, 0.3) is 5.91 Å². The number of amides is 1. The van der Waals surface area contributed by atoms with Crippen LogP contribution in [-0.4, -0.2) is 20.7 Å². The lowest BCUT2D eigenvalue weighted by molar-refractivity contribution is 0.102. The van der Waals surface area contributed by atoms with Crippen molar-refractivity contribution >= 4 is 22.4 Å². The lowest BCUT2D eigenvalue weighted by Gasteiger charge is -2.19. The van der Waals surface area contributed by atoms with Gasteiger partial charge in [-0.3, -0.25) is 10.1 Å². The van der Waals surface area contributed by atoms with Crippen molar-refractivity contribution in [1.29, 1.82) is 0 Å². The molecule has 0 aliphatic rings. The second-order valence-corrected chi connectivity index (χ2v) is 8.61. The van der Waals surface area contributed by atoms with Gasteiger partial charge in [-0.05, 0) is 43.0 Å². The molecule has 0 aliphatic heterocycles. The predicted molar refractivity (Wildman–Crippen MR) is 108 cm³/mol. The molecular formula is C20H24N4O2S. The standard InChI is InChI=1S/C20H24N4O2S/c1-13-14(2)27-19(21-13)22-18(25)17-10-11-24(23-17)12-26-16-8-6-15(7-9-16)20(3,4)5/h6-11H,12H2,1-5H3,(H,21,22,25). The minimum Gasteiger partial charge on any atom is -0.471 e. The molecule has 0 unspecified atom stereocenters. The molecule has 2 aromatic heterocycles. The van der Waals surface area contributed by atoms with E-state index in [0.29, 0.717) is 10.8 Å². The maximum absolute atomic E-state index is 12.3. The number of carbonyl (C=O) groups excluding carboxylic acids is 1. The number of nitrogens with zero attached hydrogens (tertiary/aromatic N) is 3.